The molecule has 5 nitrogen and oxygen atoms in total. The van der Waals surface area contributed by atoms with Crippen LogP contribution in [0.2, 0.25) is 0 Å². The summed E-state index contributed by atoms with van der Waals surface area (Å²) in [6.45, 7) is 4.91. The first-order chi connectivity index (χ1) is 12.2. The molecule has 1 aliphatic rings. The molecule has 1 unspecified atom stereocenters. The van der Waals surface area contributed by atoms with Crippen LogP contribution >= 0.6 is 0 Å². The number of benzene rings is 1. The molecular formula is C20H27N3O2. The molecule has 1 aromatic heterocycles. The molecule has 0 saturated carbocycles. The maximum Gasteiger partial charge on any atom is 0.222 e. The summed E-state index contributed by atoms with van der Waals surface area (Å²) in [5.74, 6) is 0.233. The zero-order valence-corrected chi connectivity index (χ0v) is 14.9. The Balaban J connectivity index is 1.37. The van der Waals surface area contributed by atoms with E-state index in [-0.39, 0.29) is 5.91 Å². The summed E-state index contributed by atoms with van der Waals surface area (Å²) in [7, 11) is 0. The van der Waals surface area contributed by atoms with Gasteiger partial charge >= 0.3 is 0 Å². The van der Waals surface area contributed by atoms with Gasteiger partial charge in [0.2, 0.25) is 5.91 Å². The lowest BCUT2D eigenvalue weighted by Crippen LogP contribution is -2.40. The third-order valence-corrected chi connectivity index (χ3v) is 4.64. The van der Waals surface area contributed by atoms with Crippen LogP contribution < -0.4 is 0 Å². The number of carbonyl (C=O) groups excluding carboxylic acids is 1. The fourth-order valence-corrected chi connectivity index (χ4v) is 3.28. The Morgan fingerprint density at radius 2 is 2.16 bits per heavy atom. The lowest BCUT2D eigenvalue weighted by atomic mass is 10.1. The molecule has 1 aliphatic heterocycles. The lowest BCUT2D eigenvalue weighted by Gasteiger charge is -2.33. The van der Waals surface area contributed by atoms with Gasteiger partial charge in [0.25, 0.3) is 0 Å². The number of nitrogens with zero attached hydrogens (tertiary/aromatic N) is 3. The van der Waals surface area contributed by atoms with Crippen LogP contribution in [0.15, 0.2) is 42.7 Å². The van der Waals surface area contributed by atoms with Crippen molar-refractivity contribution in [2.24, 2.45) is 0 Å². The smallest absolute Gasteiger partial charge is 0.222 e. The highest BCUT2D eigenvalue weighted by Gasteiger charge is 2.24. The minimum Gasteiger partial charge on any atom is -0.377 e. The van der Waals surface area contributed by atoms with Crippen molar-refractivity contribution in [3.8, 4) is 0 Å². The molecule has 1 saturated heterocycles. The van der Waals surface area contributed by atoms with E-state index in [1.165, 1.54) is 11.1 Å². The molecule has 1 fully saturated rings. The Bertz CT molecular complexity index is 669. The van der Waals surface area contributed by atoms with E-state index < -0.39 is 0 Å². The zero-order valence-electron chi connectivity index (χ0n) is 14.9. The molecule has 0 spiro atoms. The number of hydrogen-bond acceptors (Lipinski definition) is 3. The summed E-state index contributed by atoms with van der Waals surface area (Å²) < 4.78 is 7.68. The second-order valence-electron chi connectivity index (χ2n) is 6.78. The largest absolute Gasteiger partial charge is 0.377 e. The summed E-state index contributed by atoms with van der Waals surface area (Å²) in [6, 6.07) is 10.4. The molecule has 5 heteroatoms. The Hall–Kier alpha value is -2.14. The van der Waals surface area contributed by atoms with E-state index in [4.69, 9.17) is 4.74 Å². The van der Waals surface area contributed by atoms with Crippen molar-refractivity contribution in [1.82, 2.24) is 14.7 Å². The summed E-state index contributed by atoms with van der Waals surface area (Å²) in [5.41, 5.74) is 2.33. The number of piperidine rings is 1. The quantitative estimate of drug-likeness (QED) is 0.726. The highest BCUT2D eigenvalue weighted by atomic mass is 16.5. The van der Waals surface area contributed by atoms with E-state index in [2.05, 4.69) is 23.4 Å². The van der Waals surface area contributed by atoms with Gasteiger partial charge in [0.05, 0.1) is 18.8 Å². The van der Waals surface area contributed by atoms with Crippen molar-refractivity contribution in [3.05, 3.63) is 53.9 Å². The van der Waals surface area contributed by atoms with Gasteiger partial charge in [0.15, 0.2) is 0 Å². The van der Waals surface area contributed by atoms with Crippen LogP contribution in [0.1, 0.15) is 42.9 Å². The van der Waals surface area contributed by atoms with Crippen LogP contribution in [0, 0.1) is 6.92 Å². The van der Waals surface area contributed by atoms with E-state index in [0.717, 1.165) is 32.4 Å². The van der Waals surface area contributed by atoms with Gasteiger partial charge < -0.3 is 9.64 Å². The van der Waals surface area contributed by atoms with Crippen LogP contribution in [0.25, 0.3) is 0 Å². The van der Waals surface area contributed by atoms with Gasteiger partial charge in [0, 0.05) is 32.3 Å². The Kier molecular flexibility index (Phi) is 6.23. The summed E-state index contributed by atoms with van der Waals surface area (Å²) in [5, 5.41) is 4.41. The van der Waals surface area contributed by atoms with Crippen molar-refractivity contribution in [3.63, 3.8) is 0 Å². The van der Waals surface area contributed by atoms with Gasteiger partial charge in [0.1, 0.15) is 0 Å². The van der Waals surface area contributed by atoms with Gasteiger partial charge in [-0.05, 0) is 37.3 Å². The number of likely N-dealkylation sites (tertiary alicyclic amines) is 1. The molecule has 2 heterocycles. The van der Waals surface area contributed by atoms with E-state index in [1.54, 1.807) is 0 Å². The highest BCUT2D eigenvalue weighted by Crippen LogP contribution is 2.22. The van der Waals surface area contributed by atoms with Gasteiger partial charge in [-0.1, -0.05) is 30.3 Å². The maximum absolute atomic E-state index is 12.5. The summed E-state index contributed by atoms with van der Waals surface area (Å²) >= 11 is 0. The minimum atomic E-state index is 0.233. The Morgan fingerprint density at radius 1 is 1.32 bits per heavy atom. The van der Waals surface area contributed by atoms with E-state index in [0.29, 0.717) is 25.7 Å². The molecule has 0 aliphatic carbocycles. The van der Waals surface area contributed by atoms with Crippen molar-refractivity contribution in [1.29, 1.82) is 0 Å². The van der Waals surface area contributed by atoms with Crippen LogP contribution in [0.4, 0.5) is 0 Å². The summed E-state index contributed by atoms with van der Waals surface area (Å²) in [4.78, 5) is 14.4. The third kappa shape index (κ3) is 5.16. The molecule has 134 valence electrons. The molecule has 1 atom stereocenters. The fourth-order valence-electron chi connectivity index (χ4n) is 3.28. The topological polar surface area (TPSA) is 47.4 Å². The van der Waals surface area contributed by atoms with Gasteiger partial charge in [-0.15, -0.1) is 0 Å². The van der Waals surface area contributed by atoms with E-state index in [9.17, 15) is 4.79 Å². The first-order valence-electron chi connectivity index (χ1n) is 9.12. The van der Waals surface area contributed by atoms with Gasteiger partial charge in [-0.25, -0.2) is 0 Å². The number of rotatable bonds is 7. The maximum atomic E-state index is 12.5. The predicted octanol–water partition coefficient (Wildman–Crippen LogP) is 3.35. The van der Waals surface area contributed by atoms with Crippen molar-refractivity contribution >= 4 is 5.91 Å². The normalized spacial score (nSPS) is 17.6. The molecule has 0 N–H and O–H groups in total. The molecular weight excluding hydrogens is 314 g/mol. The number of ether oxygens (including phenoxy) is 1. The number of aryl methyl sites for hydroxylation is 1. The Morgan fingerprint density at radius 3 is 2.92 bits per heavy atom. The van der Waals surface area contributed by atoms with E-state index in [1.807, 2.05) is 40.9 Å². The molecule has 0 radical (unpaired) electrons. The second-order valence-corrected chi connectivity index (χ2v) is 6.78. The first-order valence-corrected chi connectivity index (χ1v) is 9.12. The van der Waals surface area contributed by atoms with Gasteiger partial charge in [-0.3, -0.25) is 9.48 Å². The van der Waals surface area contributed by atoms with Crippen LogP contribution in [-0.2, 0) is 16.1 Å². The van der Waals surface area contributed by atoms with Crippen LogP contribution in [0.5, 0.6) is 0 Å². The Labute approximate surface area is 149 Å². The number of amides is 1. The summed E-state index contributed by atoms with van der Waals surface area (Å²) in [6.07, 6.45) is 7.40. The van der Waals surface area contributed by atoms with Crippen LogP contribution in [0.3, 0.4) is 0 Å². The molecule has 1 aromatic carbocycles. The molecule has 2 aromatic rings. The van der Waals surface area contributed by atoms with Crippen LogP contribution in [-0.4, -0.2) is 40.3 Å². The lowest BCUT2D eigenvalue weighted by molar-refractivity contribution is -0.133. The average Bonchev–Trinajstić information content (AvgIpc) is 3.09. The highest BCUT2D eigenvalue weighted by molar-refractivity contribution is 5.76. The predicted molar refractivity (Wildman–Crippen MR) is 97.1 cm³/mol. The van der Waals surface area contributed by atoms with Crippen molar-refractivity contribution in [2.45, 2.75) is 45.3 Å². The SMILES string of the molecule is Cc1cnn(C2CCCN(C(=O)CCCOCc3ccccc3)C2)c1. The monoisotopic (exact) mass is 341 g/mol. The molecule has 1 amide bonds. The van der Waals surface area contributed by atoms with Crippen molar-refractivity contribution < 1.29 is 9.53 Å². The number of carbonyl (C=O) groups is 1. The van der Waals surface area contributed by atoms with Crippen molar-refractivity contribution in [2.75, 3.05) is 19.7 Å². The zero-order chi connectivity index (χ0) is 17.5. The first kappa shape index (κ1) is 17.7. The third-order valence-electron chi connectivity index (χ3n) is 4.64. The fraction of sp³-hybridized carbons (Fsp3) is 0.500. The average molecular weight is 341 g/mol. The van der Waals surface area contributed by atoms with Gasteiger partial charge in [-0.2, -0.15) is 5.10 Å². The number of hydrogen-bond donors (Lipinski definition) is 0. The minimum absolute atomic E-state index is 0.233. The molecule has 3 rings (SSSR count). The molecule has 25 heavy (non-hydrogen) atoms. The van der Waals surface area contributed by atoms with E-state index >= 15 is 0 Å². The second kappa shape index (κ2) is 8.81. The molecule has 0 bridgehead atoms. The number of aromatic nitrogens is 2. The standard InChI is InChI=1S/C20H27N3O2/c1-17-13-21-23(14-17)19-9-5-11-22(15-19)20(24)10-6-12-25-16-18-7-3-2-4-8-18/h2-4,7-8,13-14,19H,5-6,9-12,15-16H2,1H3.